The van der Waals surface area contributed by atoms with Crippen LogP contribution in [0.4, 0.5) is 0 Å². The Morgan fingerprint density at radius 3 is 2.22 bits per heavy atom. The summed E-state index contributed by atoms with van der Waals surface area (Å²) in [4.78, 5) is 0. The van der Waals surface area contributed by atoms with Crippen LogP contribution < -0.4 is 0 Å². The maximum absolute atomic E-state index is 2.39. The summed E-state index contributed by atoms with van der Waals surface area (Å²) < 4.78 is 0. The molecular formula is C9H16. The van der Waals surface area contributed by atoms with Crippen LogP contribution in [0.3, 0.4) is 0 Å². The summed E-state index contributed by atoms with van der Waals surface area (Å²) in [6, 6.07) is 0. The van der Waals surface area contributed by atoms with Crippen LogP contribution in [0.1, 0.15) is 39.5 Å². The molecule has 0 aliphatic heterocycles. The maximum Gasteiger partial charge on any atom is -0.0121 e. The second-order valence-corrected chi connectivity index (χ2v) is 3.07. The lowest BCUT2D eigenvalue weighted by atomic mass is 9.67. The Labute approximate surface area is 58.0 Å². The van der Waals surface area contributed by atoms with Crippen molar-refractivity contribution in [1.29, 1.82) is 0 Å². The molecule has 0 heteroatoms. The molecule has 1 aliphatic carbocycles. The Balaban J connectivity index is 2.46. The summed E-state index contributed by atoms with van der Waals surface area (Å²) in [6.45, 7) is 4.41. The molecule has 0 spiro atoms. The molecule has 0 heterocycles. The lowest BCUT2D eigenvalue weighted by Gasteiger charge is -2.38. The number of hydrogen-bond donors (Lipinski definition) is 0. The molecule has 52 valence electrons. The zero-order valence-electron chi connectivity index (χ0n) is 6.48. The molecule has 0 atom stereocenters. The van der Waals surface area contributed by atoms with E-state index in [0.717, 1.165) is 0 Å². The van der Waals surface area contributed by atoms with Crippen molar-refractivity contribution in [2.75, 3.05) is 0 Å². The summed E-state index contributed by atoms with van der Waals surface area (Å²) in [5, 5.41) is 0. The molecule has 0 bridgehead atoms. The molecule has 0 amide bonds. The quantitative estimate of drug-likeness (QED) is 0.496. The fourth-order valence-electron chi connectivity index (χ4n) is 1.62. The molecule has 0 aromatic carbocycles. The molecule has 0 saturated heterocycles. The van der Waals surface area contributed by atoms with Gasteiger partial charge in [0, 0.05) is 0 Å². The van der Waals surface area contributed by atoms with E-state index in [1.54, 1.807) is 0 Å². The summed E-state index contributed by atoms with van der Waals surface area (Å²) in [6.07, 6.45) is 10.2. The predicted octanol–water partition coefficient (Wildman–Crippen LogP) is 3.14. The third-order valence-electron chi connectivity index (χ3n) is 2.57. The summed E-state index contributed by atoms with van der Waals surface area (Å²) in [7, 11) is 0. The fraction of sp³-hybridized carbons (Fsp3) is 0.778. The van der Waals surface area contributed by atoms with Gasteiger partial charge in [0.1, 0.15) is 0 Å². The lowest BCUT2D eigenvalue weighted by Crippen LogP contribution is -2.25. The highest BCUT2D eigenvalue weighted by molar-refractivity contribution is 5.02. The standard InChI is InChI=1S/C9H16/c1-3-6-9(4-2)7-5-8-9/h3,6H,4-5,7-8H2,1-2H3. The van der Waals surface area contributed by atoms with Gasteiger partial charge in [-0.05, 0) is 31.6 Å². The first-order valence-electron chi connectivity index (χ1n) is 3.97. The first-order valence-corrected chi connectivity index (χ1v) is 3.97. The van der Waals surface area contributed by atoms with Gasteiger partial charge in [0.25, 0.3) is 0 Å². The fourth-order valence-corrected chi connectivity index (χ4v) is 1.62. The molecule has 0 N–H and O–H groups in total. The van der Waals surface area contributed by atoms with Crippen LogP contribution in [0.2, 0.25) is 0 Å². The molecule has 1 aliphatic rings. The van der Waals surface area contributed by atoms with Gasteiger partial charge in [-0.3, -0.25) is 0 Å². The minimum atomic E-state index is 0.634. The van der Waals surface area contributed by atoms with Crippen LogP contribution in [0, 0.1) is 5.41 Å². The smallest absolute Gasteiger partial charge is 0.0121 e. The van der Waals surface area contributed by atoms with E-state index in [9.17, 15) is 0 Å². The average Bonchev–Trinajstić information content (AvgIpc) is 1.79. The van der Waals surface area contributed by atoms with E-state index in [1.165, 1.54) is 25.7 Å². The van der Waals surface area contributed by atoms with E-state index in [-0.39, 0.29) is 0 Å². The molecule has 0 nitrogen and oxygen atoms in total. The molecule has 1 saturated carbocycles. The highest BCUT2D eigenvalue weighted by atomic mass is 14.4. The summed E-state index contributed by atoms with van der Waals surface area (Å²) >= 11 is 0. The van der Waals surface area contributed by atoms with E-state index < -0.39 is 0 Å². The van der Waals surface area contributed by atoms with Crippen molar-refractivity contribution in [3.63, 3.8) is 0 Å². The normalized spacial score (nSPS) is 24.2. The van der Waals surface area contributed by atoms with Gasteiger partial charge in [0.05, 0.1) is 0 Å². The van der Waals surface area contributed by atoms with Crippen molar-refractivity contribution < 1.29 is 0 Å². The molecule has 0 unspecified atom stereocenters. The maximum atomic E-state index is 2.39. The van der Waals surface area contributed by atoms with Crippen LogP contribution in [0.15, 0.2) is 12.2 Å². The molecular weight excluding hydrogens is 108 g/mol. The van der Waals surface area contributed by atoms with Crippen molar-refractivity contribution in [3.8, 4) is 0 Å². The summed E-state index contributed by atoms with van der Waals surface area (Å²) in [5.74, 6) is 0. The van der Waals surface area contributed by atoms with Crippen LogP contribution in [-0.4, -0.2) is 0 Å². The monoisotopic (exact) mass is 124 g/mol. The molecule has 9 heavy (non-hydrogen) atoms. The van der Waals surface area contributed by atoms with Crippen LogP contribution in [0.5, 0.6) is 0 Å². The number of allylic oxidation sites excluding steroid dienone is 2. The Morgan fingerprint density at radius 1 is 1.44 bits per heavy atom. The van der Waals surface area contributed by atoms with Crippen molar-refractivity contribution in [1.82, 2.24) is 0 Å². The Hall–Kier alpha value is -0.260. The molecule has 0 aromatic heterocycles. The third kappa shape index (κ3) is 1.17. The van der Waals surface area contributed by atoms with E-state index in [2.05, 4.69) is 26.0 Å². The lowest BCUT2D eigenvalue weighted by molar-refractivity contribution is 0.196. The minimum absolute atomic E-state index is 0.634. The van der Waals surface area contributed by atoms with Gasteiger partial charge < -0.3 is 0 Å². The van der Waals surface area contributed by atoms with Gasteiger partial charge in [0.15, 0.2) is 0 Å². The van der Waals surface area contributed by atoms with Crippen LogP contribution in [-0.2, 0) is 0 Å². The van der Waals surface area contributed by atoms with E-state index in [4.69, 9.17) is 0 Å². The second kappa shape index (κ2) is 2.55. The van der Waals surface area contributed by atoms with Gasteiger partial charge in [0.2, 0.25) is 0 Å². The Bertz CT molecular complexity index is 102. The van der Waals surface area contributed by atoms with E-state index in [1.807, 2.05) is 0 Å². The van der Waals surface area contributed by atoms with Gasteiger partial charge >= 0.3 is 0 Å². The third-order valence-corrected chi connectivity index (χ3v) is 2.57. The molecule has 0 aromatic rings. The van der Waals surface area contributed by atoms with Gasteiger partial charge in [-0.2, -0.15) is 0 Å². The van der Waals surface area contributed by atoms with Crippen molar-refractivity contribution in [3.05, 3.63) is 12.2 Å². The largest absolute Gasteiger partial charge is 0.0911 e. The number of rotatable bonds is 2. The Morgan fingerprint density at radius 2 is 2.11 bits per heavy atom. The molecule has 0 radical (unpaired) electrons. The van der Waals surface area contributed by atoms with Crippen LogP contribution >= 0.6 is 0 Å². The highest BCUT2D eigenvalue weighted by Crippen LogP contribution is 2.44. The summed E-state index contributed by atoms with van der Waals surface area (Å²) in [5.41, 5.74) is 0.634. The average molecular weight is 124 g/mol. The van der Waals surface area contributed by atoms with Crippen molar-refractivity contribution >= 4 is 0 Å². The first kappa shape index (κ1) is 6.85. The topological polar surface area (TPSA) is 0 Å². The molecule has 1 rings (SSSR count). The van der Waals surface area contributed by atoms with Gasteiger partial charge in [-0.25, -0.2) is 0 Å². The minimum Gasteiger partial charge on any atom is -0.0911 e. The predicted molar refractivity (Wildman–Crippen MR) is 41.4 cm³/mol. The first-order chi connectivity index (χ1) is 4.33. The van der Waals surface area contributed by atoms with Crippen molar-refractivity contribution in [2.45, 2.75) is 39.5 Å². The zero-order chi connectivity index (χ0) is 6.74. The van der Waals surface area contributed by atoms with Crippen LogP contribution in [0.25, 0.3) is 0 Å². The zero-order valence-corrected chi connectivity index (χ0v) is 6.48. The van der Waals surface area contributed by atoms with E-state index >= 15 is 0 Å². The highest BCUT2D eigenvalue weighted by Gasteiger charge is 2.31. The number of hydrogen-bond acceptors (Lipinski definition) is 0. The second-order valence-electron chi connectivity index (χ2n) is 3.07. The SMILES string of the molecule is CC=CC1(CC)CCC1. The van der Waals surface area contributed by atoms with E-state index in [0.29, 0.717) is 5.41 Å². The Kier molecular flexibility index (Phi) is 1.94. The van der Waals surface area contributed by atoms with Crippen molar-refractivity contribution in [2.24, 2.45) is 5.41 Å². The van der Waals surface area contributed by atoms with Gasteiger partial charge in [-0.1, -0.05) is 25.5 Å². The van der Waals surface area contributed by atoms with Gasteiger partial charge in [-0.15, -0.1) is 0 Å². The molecule has 1 fully saturated rings.